The molecule has 0 radical (unpaired) electrons. The molecule has 6 heteroatoms. The van der Waals surface area contributed by atoms with Gasteiger partial charge in [0.2, 0.25) is 0 Å². The average molecular weight is 300 g/mol. The fourth-order valence-corrected chi connectivity index (χ4v) is 2.37. The number of halogens is 1. The molecule has 2 aromatic carbocycles. The van der Waals surface area contributed by atoms with E-state index in [2.05, 4.69) is 21.6 Å². The second-order valence-corrected chi connectivity index (χ2v) is 5.31. The third kappa shape index (κ3) is 2.36. The van der Waals surface area contributed by atoms with Crippen molar-refractivity contribution in [3.8, 4) is 17.1 Å². The Morgan fingerprint density at radius 3 is 2.76 bits per heavy atom. The lowest BCUT2D eigenvalue weighted by Gasteiger charge is -2.10. The second kappa shape index (κ2) is 5.18. The number of hydrogen-bond acceptors (Lipinski definition) is 4. The number of hydrogen-bond donors (Lipinski definition) is 1. The van der Waals surface area contributed by atoms with Gasteiger partial charge in [0.05, 0.1) is 16.4 Å². The molecule has 0 atom stereocenters. The highest BCUT2D eigenvalue weighted by molar-refractivity contribution is 6.33. The van der Waals surface area contributed by atoms with E-state index in [1.54, 1.807) is 10.7 Å². The van der Waals surface area contributed by atoms with Crippen LogP contribution in [0.15, 0.2) is 36.4 Å². The standard InChI is InChI=1S/C15H14ClN5/c1-9-6-7-10(2)13(8-9)21-15(18-19-20-21)11-4-3-5-12(16)14(11)17/h3-8H,17H2,1-2H3. The number of aryl methyl sites for hydroxylation is 2. The molecule has 0 saturated heterocycles. The Hall–Kier alpha value is -2.40. The smallest absolute Gasteiger partial charge is 0.189 e. The highest BCUT2D eigenvalue weighted by Crippen LogP contribution is 2.31. The molecule has 0 spiro atoms. The molecule has 1 aromatic heterocycles. The summed E-state index contributed by atoms with van der Waals surface area (Å²) >= 11 is 6.08. The summed E-state index contributed by atoms with van der Waals surface area (Å²) in [7, 11) is 0. The van der Waals surface area contributed by atoms with Crippen molar-refractivity contribution < 1.29 is 0 Å². The van der Waals surface area contributed by atoms with Crippen LogP contribution in [0.25, 0.3) is 17.1 Å². The minimum atomic E-state index is 0.473. The van der Waals surface area contributed by atoms with Gasteiger partial charge in [-0.05, 0) is 53.6 Å². The highest BCUT2D eigenvalue weighted by Gasteiger charge is 2.16. The molecule has 3 aromatic rings. The molecule has 3 rings (SSSR count). The molecule has 106 valence electrons. The van der Waals surface area contributed by atoms with Gasteiger partial charge in [-0.2, -0.15) is 4.68 Å². The average Bonchev–Trinajstić information content (AvgIpc) is 2.93. The molecular weight excluding hydrogens is 286 g/mol. The number of anilines is 1. The van der Waals surface area contributed by atoms with Crippen LogP contribution in [0.3, 0.4) is 0 Å². The lowest BCUT2D eigenvalue weighted by atomic mass is 10.1. The lowest BCUT2D eigenvalue weighted by molar-refractivity contribution is 0.787. The van der Waals surface area contributed by atoms with E-state index in [0.29, 0.717) is 22.1 Å². The fraction of sp³-hybridized carbons (Fsp3) is 0.133. The predicted molar refractivity (Wildman–Crippen MR) is 83.5 cm³/mol. The van der Waals surface area contributed by atoms with Crippen molar-refractivity contribution in [2.45, 2.75) is 13.8 Å². The molecule has 0 unspecified atom stereocenters. The normalized spacial score (nSPS) is 10.8. The molecule has 0 amide bonds. The second-order valence-electron chi connectivity index (χ2n) is 4.91. The van der Waals surface area contributed by atoms with Crippen LogP contribution in [0.1, 0.15) is 11.1 Å². The fourth-order valence-electron chi connectivity index (χ4n) is 2.20. The zero-order valence-electron chi connectivity index (χ0n) is 11.7. The zero-order valence-corrected chi connectivity index (χ0v) is 12.5. The first-order valence-electron chi connectivity index (χ1n) is 6.48. The Morgan fingerprint density at radius 1 is 1.14 bits per heavy atom. The van der Waals surface area contributed by atoms with Gasteiger partial charge in [-0.1, -0.05) is 29.8 Å². The molecule has 2 N–H and O–H groups in total. The van der Waals surface area contributed by atoms with E-state index >= 15 is 0 Å². The van der Waals surface area contributed by atoms with Crippen molar-refractivity contribution >= 4 is 17.3 Å². The van der Waals surface area contributed by atoms with Crippen LogP contribution in [-0.2, 0) is 0 Å². The van der Waals surface area contributed by atoms with E-state index in [1.165, 1.54) is 0 Å². The van der Waals surface area contributed by atoms with Crippen molar-refractivity contribution in [2.24, 2.45) is 0 Å². The summed E-state index contributed by atoms with van der Waals surface area (Å²) in [5.74, 6) is 0.573. The number of aromatic nitrogens is 4. The highest BCUT2D eigenvalue weighted by atomic mass is 35.5. The van der Waals surface area contributed by atoms with Gasteiger partial charge in [-0.3, -0.25) is 0 Å². The molecule has 0 aliphatic heterocycles. The maximum absolute atomic E-state index is 6.08. The van der Waals surface area contributed by atoms with Crippen LogP contribution in [-0.4, -0.2) is 20.2 Å². The molecule has 0 aliphatic rings. The predicted octanol–water partition coefficient (Wildman–Crippen LogP) is 3.18. The number of nitrogens with zero attached hydrogens (tertiary/aromatic N) is 4. The molecular formula is C15H14ClN5. The van der Waals surface area contributed by atoms with Gasteiger partial charge in [0, 0.05) is 5.56 Å². The minimum Gasteiger partial charge on any atom is -0.397 e. The topological polar surface area (TPSA) is 69.6 Å². The van der Waals surface area contributed by atoms with Gasteiger partial charge in [0.15, 0.2) is 5.82 Å². The first kappa shape index (κ1) is 13.6. The Kier molecular flexibility index (Phi) is 3.35. The summed E-state index contributed by atoms with van der Waals surface area (Å²) in [6.07, 6.45) is 0. The van der Waals surface area contributed by atoms with Crippen LogP contribution < -0.4 is 5.73 Å². The van der Waals surface area contributed by atoms with Gasteiger partial charge in [-0.15, -0.1) is 5.10 Å². The minimum absolute atomic E-state index is 0.473. The number of para-hydroxylation sites is 1. The van der Waals surface area contributed by atoms with E-state index in [4.69, 9.17) is 17.3 Å². The summed E-state index contributed by atoms with van der Waals surface area (Å²) in [5.41, 5.74) is 10.4. The first-order valence-corrected chi connectivity index (χ1v) is 6.86. The van der Waals surface area contributed by atoms with Gasteiger partial charge in [0.25, 0.3) is 0 Å². The Balaban J connectivity index is 2.22. The van der Waals surface area contributed by atoms with Gasteiger partial charge in [0.1, 0.15) is 0 Å². The van der Waals surface area contributed by atoms with E-state index in [9.17, 15) is 0 Å². The maximum atomic E-state index is 6.08. The summed E-state index contributed by atoms with van der Waals surface area (Å²) in [6, 6.07) is 11.6. The third-order valence-electron chi connectivity index (χ3n) is 3.36. The SMILES string of the molecule is Cc1ccc(C)c(-n2nnnc2-c2cccc(Cl)c2N)c1. The van der Waals surface area contributed by atoms with Crippen molar-refractivity contribution in [3.05, 3.63) is 52.5 Å². The molecule has 5 nitrogen and oxygen atoms in total. The summed E-state index contributed by atoms with van der Waals surface area (Å²) < 4.78 is 1.68. The number of nitrogens with two attached hydrogens (primary N) is 1. The molecule has 1 heterocycles. The van der Waals surface area contributed by atoms with Gasteiger partial charge >= 0.3 is 0 Å². The molecule has 0 aliphatic carbocycles. The van der Waals surface area contributed by atoms with Crippen molar-refractivity contribution in [1.82, 2.24) is 20.2 Å². The van der Waals surface area contributed by atoms with Crippen LogP contribution in [0.5, 0.6) is 0 Å². The largest absolute Gasteiger partial charge is 0.397 e. The van der Waals surface area contributed by atoms with E-state index < -0.39 is 0 Å². The maximum Gasteiger partial charge on any atom is 0.189 e. The van der Waals surface area contributed by atoms with Crippen LogP contribution in [0.4, 0.5) is 5.69 Å². The quantitative estimate of drug-likeness (QED) is 0.738. The number of tetrazole rings is 1. The van der Waals surface area contributed by atoms with Crippen LogP contribution in [0.2, 0.25) is 5.02 Å². The molecule has 0 bridgehead atoms. The number of benzene rings is 2. The number of nitrogen functional groups attached to an aromatic ring is 1. The Labute approximate surface area is 127 Å². The number of rotatable bonds is 2. The lowest BCUT2D eigenvalue weighted by Crippen LogP contribution is -2.04. The van der Waals surface area contributed by atoms with E-state index in [-0.39, 0.29) is 0 Å². The Bertz CT molecular complexity index is 793. The summed E-state index contributed by atoms with van der Waals surface area (Å²) in [5, 5.41) is 12.5. The molecule has 0 saturated carbocycles. The van der Waals surface area contributed by atoms with Crippen molar-refractivity contribution in [1.29, 1.82) is 0 Å². The van der Waals surface area contributed by atoms with Gasteiger partial charge in [-0.25, -0.2) is 0 Å². The molecule has 21 heavy (non-hydrogen) atoms. The van der Waals surface area contributed by atoms with Crippen molar-refractivity contribution in [2.75, 3.05) is 5.73 Å². The van der Waals surface area contributed by atoms with Crippen LogP contribution in [0, 0.1) is 13.8 Å². The summed E-state index contributed by atoms with van der Waals surface area (Å²) in [4.78, 5) is 0. The van der Waals surface area contributed by atoms with Crippen LogP contribution >= 0.6 is 11.6 Å². The third-order valence-corrected chi connectivity index (χ3v) is 3.69. The molecule has 0 fully saturated rings. The van der Waals surface area contributed by atoms with E-state index in [1.807, 2.05) is 38.1 Å². The van der Waals surface area contributed by atoms with E-state index in [0.717, 1.165) is 16.8 Å². The Morgan fingerprint density at radius 2 is 1.95 bits per heavy atom. The van der Waals surface area contributed by atoms with Crippen molar-refractivity contribution in [3.63, 3.8) is 0 Å². The summed E-state index contributed by atoms with van der Waals surface area (Å²) in [6.45, 7) is 4.04. The zero-order chi connectivity index (χ0) is 15.0. The first-order chi connectivity index (χ1) is 10.1. The van der Waals surface area contributed by atoms with Gasteiger partial charge < -0.3 is 5.73 Å². The monoisotopic (exact) mass is 299 g/mol.